The van der Waals surface area contributed by atoms with Crippen molar-refractivity contribution in [3.05, 3.63) is 24.0 Å². The number of amides is 1. The number of anilines is 2. The number of carbonyl (C=O) groups excluding carboxylic acids is 1. The summed E-state index contributed by atoms with van der Waals surface area (Å²) in [5.41, 5.74) is 0.734. The molecule has 16 heavy (non-hydrogen) atoms. The van der Waals surface area contributed by atoms with E-state index in [9.17, 15) is 9.18 Å². The molecule has 0 spiro atoms. The van der Waals surface area contributed by atoms with Crippen molar-refractivity contribution >= 4 is 17.3 Å². The first-order valence-corrected chi connectivity index (χ1v) is 5.50. The first-order valence-electron chi connectivity index (χ1n) is 5.50. The van der Waals surface area contributed by atoms with Crippen molar-refractivity contribution in [2.45, 2.75) is 32.2 Å². The maximum absolute atomic E-state index is 13.0. The Labute approximate surface area is 94.0 Å². The number of benzene rings is 1. The fraction of sp³-hybridized carbons (Fsp3) is 0.417. The minimum Gasteiger partial charge on any atom is -0.370 e. The monoisotopic (exact) mass is 222 g/mol. The number of fused-ring (bicyclic) bond motifs is 1. The van der Waals surface area contributed by atoms with Gasteiger partial charge in [-0.2, -0.15) is 0 Å². The summed E-state index contributed by atoms with van der Waals surface area (Å²) in [6.45, 7) is 3.93. The van der Waals surface area contributed by atoms with Gasteiger partial charge in [0.25, 0.3) is 0 Å². The van der Waals surface area contributed by atoms with E-state index in [-0.39, 0.29) is 11.7 Å². The van der Waals surface area contributed by atoms with E-state index in [0.29, 0.717) is 18.5 Å². The van der Waals surface area contributed by atoms with Gasteiger partial charge < -0.3 is 10.6 Å². The highest BCUT2D eigenvalue weighted by molar-refractivity contribution is 6.05. The SMILES string of the molecule is CCC1(CC)Nc2ccc(F)cc2NC1=O. The lowest BCUT2D eigenvalue weighted by Crippen LogP contribution is -2.51. The minimum atomic E-state index is -0.565. The Morgan fingerprint density at radius 2 is 1.94 bits per heavy atom. The Kier molecular flexibility index (Phi) is 2.58. The molecule has 0 atom stereocenters. The van der Waals surface area contributed by atoms with Gasteiger partial charge in [0.15, 0.2) is 0 Å². The van der Waals surface area contributed by atoms with Crippen LogP contribution in [0, 0.1) is 5.82 Å². The molecule has 0 fully saturated rings. The van der Waals surface area contributed by atoms with Crippen LogP contribution in [0.1, 0.15) is 26.7 Å². The molecule has 1 aliphatic heterocycles. The van der Waals surface area contributed by atoms with E-state index in [4.69, 9.17) is 0 Å². The average Bonchev–Trinajstić information content (AvgIpc) is 2.28. The number of rotatable bonds is 2. The van der Waals surface area contributed by atoms with E-state index < -0.39 is 5.54 Å². The van der Waals surface area contributed by atoms with E-state index in [0.717, 1.165) is 5.69 Å². The molecule has 0 unspecified atom stereocenters. The average molecular weight is 222 g/mol. The van der Waals surface area contributed by atoms with Crippen LogP contribution >= 0.6 is 0 Å². The molecule has 1 aromatic carbocycles. The maximum Gasteiger partial charge on any atom is 0.250 e. The lowest BCUT2D eigenvalue weighted by Gasteiger charge is -2.37. The van der Waals surface area contributed by atoms with Crippen LogP contribution in [0.25, 0.3) is 0 Å². The van der Waals surface area contributed by atoms with Crippen LogP contribution in [0.15, 0.2) is 18.2 Å². The normalized spacial score (nSPS) is 17.3. The lowest BCUT2D eigenvalue weighted by molar-refractivity contribution is -0.120. The molecule has 4 heteroatoms. The first-order chi connectivity index (χ1) is 7.61. The molecule has 1 aliphatic rings. The van der Waals surface area contributed by atoms with Gasteiger partial charge in [-0.15, -0.1) is 0 Å². The molecule has 1 aromatic rings. The molecule has 1 amide bonds. The summed E-state index contributed by atoms with van der Waals surface area (Å²) in [6.07, 6.45) is 1.40. The predicted molar refractivity (Wildman–Crippen MR) is 62.0 cm³/mol. The lowest BCUT2D eigenvalue weighted by atomic mass is 9.89. The van der Waals surface area contributed by atoms with Crippen LogP contribution in [0.2, 0.25) is 0 Å². The van der Waals surface area contributed by atoms with Crippen LogP contribution in [-0.2, 0) is 4.79 Å². The summed E-state index contributed by atoms with van der Waals surface area (Å²) >= 11 is 0. The van der Waals surface area contributed by atoms with E-state index in [1.54, 1.807) is 6.07 Å². The summed E-state index contributed by atoms with van der Waals surface area (Å²) in [7, 11) is 0. The Balaban J connectivity index is 2.42. The van der Waals surface area contributed by atoms with Crippen molar-refractivity contribution < 1.29 is 9.18 Å². The fourth-order valence-corrected chi connectivity index (χ4v) is 2.03. The van der Waals surface area contributed by atoms with Crippen LogP contribution in [0.5, 0.6) is 0 Å². The van der Waals surface area contributed by atoms with E-state index in [1.807, 2.05) is 13.8 Å². The van der Waals surface area contributed by atoms with Crippen LogP contribution < -0.4 is 10.6 Å². The largest absolute Gasteiger partial charge is 0.370 e. The molecule has 2 rings (SSSR count). The smallest absolute Gasteiger partial charge is 0.250 e. The Bertz CT molecular complexity index is 427. The van der Waals surface area contributed by atoms with E-state index in [1.165, 1.54) is 12.1 Å². The second kappa shape index (κ2) is 3.77. The van der Waals surface area contributed by atoms with Crippen LogP contribution in [-0.4, -0.2) is 11.4 Å². The summed E-state index contributed by atoms with van der Waals surface area (Å²) in [4.78, 5) is 12.0. The molecule has 0 aromatic heterocycles. The molecule has 86 valence electrons. The number of carbonyl (C=O) groups is 1. The highest BCUT2D eigenvalue weighted by Gasteiger charge is 2.38. The second-order valence-electron chi connectivity index (χ2n) is 4.06. The molecule has 0 aliphatic carbocycles. The summed E-state index contributed by atoms with van der Waals surface area (Å²) < 4.78 is 13.0. The number of nitrogens with one attached hydrogen (secondary N) is 2. The molecular formula is C12H15FN2O. The highest BCUT2D eigenvalue weighted by atomic mass is 19.1. The van der Waals surface area contributed by atoms with Gasteiger partial charge in [-0.1, -0.05) is 13.8 Å². The third-order valence-electron chi connectivity index (χ3n) is 3.25. The Morgan fingerprint density at radius 1 is 1.25 bits per heavy atom. The van der Waals surface area contributed by atoms with Gasteiger partial charge in [0.1, 0.15) is 11.4 Å². The third-order valence-corrected chi connectivity index (χ3v) is 3.25. The van der Waals surface area contributed by atoms with Crippen molar-refractivity contribution in [3.63, 3.8) is 0 Å². The quantitative estimate of drug-likeness (QED) is 0.807. The number of hydrogen-bond acceptors (Lipinski definition) is 2. The summed E-state index contributed by atoms with van der Waals surface area (Å²) in [5.74, 6) is -0.433. The number of halogens is 1. The van der Waals surface area contributed by atoms with E-state index in [2.05, 4.69) is 10.6 Å². The van der Waals surface area contributed by atoms with Gasteiger partial charge in [-0.05, 0) is 31.0 Å². The topological polar surface area (TPSA) is 41.1 Å². The Hall–Kier alpha value is -1.58. The summed E-state index contributed by atoms with van der Waals surface area (Å²) in [5, 5.41) is 5.96. The zero-order valence-corrected chi connectivity index (χ0v) is 9.43. The second-order valence-corrected chi connectivity index (χ2v) is 4.06. The van der Waals surface area contributed by atoms with Gasteiger partial charge in [0.2, 0.25) is 5.91 Å². The van der Waals surface area contributed by atoms with Crippen molar-refractivity contribution in [1.29, 1.82) is 0 Å². The van der Waals surface area contributed by atoms with Gasteiger partial charge in [0, 0.05) is 0 Å². The molecule has 0 radical (unpaired) electrons. The predicted octanol–water partition coefficient (Wildman–Crippen LogP) is 2.75. The molecule has 1 heterocycles. The first kappa shape index (κ1) is 10.9. The van der Waals surface area contributed by atoms with Crippen LogP contribution in [0.4, 0.5) is 15.8 Å². The Morgan fingerprint density at radius 3 is 2.56 bits per heavy atom. The minimum absolute atomic E-state index is 0.0874. The molecule has 3 nitrogen and oxygen atoms in total. The van der Waals surface area contributed by atoms with Crippen molar-refractivity contribution in [1.82, 2.24) is 0 Å². The van der Waals surface area contributed by atoms with Crippen molar-refractivity contribution in [3.8, 4) is 0 Å². The molecule has 0 bridgehead atoms. The van der Waals surface area contributed by atoms with Gasteiger partial charge in [-0.3, -0.25) is 4.79 Å². The van der Waals surface area contributed by atoms with Gasteiger partial charge in [-0.25, -0.2) is 4.39 Å². The molecule has 0 saturated heterocycles. The molecular weight excluding hydrogens is 207 g/mol. The maximum atomic E-state index is 13.0. The van der Waals surface area contributed by atoms with Crippen molar-refractivity contribution in [2.75, 3.05) is 10.6 Å². The van der Waals surface area contributed by atoms with Crippen molar-refractivity contribution in [2.24, 2.45) is 0 Å². The fourth-order valence-electron chi connectivity index (χ4n) is 2.03. The molecule has 0 saturated carbocycles. The van der Waals surface area contributed by atoms with Gasteiger partial charge in [0.05, 0.1) is 11.4 Å². The molecule has 2 N–H and O–H groups in total. The van der Waals surface area contributed by atoms with Gasteiger partial charge >= 0.3 is 0 Å². The zero-order chi connectivity index (χ0) is 11.8. The highest BCUT2D eigenvalue weighted by Crippen LogP contribution is 2.34. The summed E-state index contributed by atoms with van der Waals surface area (Å²) in [6, 6.07) is 4.37. The standard InChI is InChI=1S/C12H15FN2O/c1-3-12(4-2)11(16)14-10-7-8(13)5-6-9(10)15-12/h5-7,15H,3-4H2,1-2H3,(H,14,16). The van der Waals surface area contributed by atoms with E-state index >= 15 is 0 Å². The van der Waals surface area contributed by atoms with Crippen LogP contribution in [0.3, 0.4) is 0 Å². The number of hydrogen-bond donors (Lipinski definition) is 2. The zero-order valence-electron chi connectivity index (χ0n) is 9.43. The third kappa shape index (κ3) is 1.54.